The van der Waals surface area contributed by atoms with Crippen molar-refractivity contribution in [3.63, 3.8) is 0 Å². The molecular formula is C18H20N4O3. The summed E-state index contributed by atoms with van der Waals surface area (Å²) in [6, 6.07) is 8.63. The average molecular weight is 340 g/mol. The molecule has 1 aliphatic rings. The number of nitrogens with one attached hydrogen (secondary N) is 1. The van der Waals surface area contributed by atoms with E-state index in [0.717, 1.165) is 11.1 Å². The minimum atomic E-state index is -0.598. The molecule has 2 aromatic rings. The van der Waals surface area contributed by atoms with Crippen molar-refractivity contribution in [2.75, 3.05) is 7.05 Å². The summed E-state index contributed by atoms with van der Waals surface area (Å²) in [7, 11) is 3.23. The summed E-state index contributed by atoms with van der Waals surface area (Å²) in [6.07, 6.45) is 1.97. The van der Waals surface area contributed by atoms with Gasteiger partial charge in [-0.25, -0.2) is 0 Å². The predicted octanol–water partition coefficient (Wildman–Crippen LogP) is 0.437. The normalized spacial score (nSPS) is 16.2. The Balaban J connectivity index is 1.99. The molecule has 1 aromatic carbocycles. The van der Waals surface area contributed by atoms with Gasteiger partial charge in [0.2, 0.25) is 11.8 Å². The second kappa shape index (κ2) is 6.43. The van der Waals surface area contributed by atoms with Gasteiger partial charge < -0.3 is 20.5 Å². The third kappa shape index (κ3) is 3.00. The van der Waals surface area contributed by atoms with E-state index < -0.39 is 11.9 Å². The number of carbonyl (C=O) groups excluding carboxylic acids is 3. The molecule has 1 aromatic heterocycles. The SMILES string of the molecule is CNC(=O)C1Cc2ccccc2CN1C(=O)c1cc(C(N)=O)cn1C. The molecule has 0 saturated heterocycles. The molecule has 3 rings (SSSR count). The number of aryl methyl sites for hydroxylation is 1. The number of rotatable bonds is 3. The standard InChI is InChI=1S/C18H20N4O3/c1-20-17(24)14-7-11-5-3-4-6-12(11)10-22(14)18(25)15-8-13(16(19)23)9-21(15)2/h3-6,8-9,14H,7,10H2,1-2H3,(H2,19,23)(H,20,24). The van der Waals surface area contributed by atoms with Gasteiger partial charge in [-0.2, -0.15) is 0 Å². The zero-order chi connectivity index (χ0) is 18.1. The first kappa shape index (κ1) is 16.8. The highest BCUT2D eigenvalue weighted by atomic mass is 16.2. The van der Waals surface area contributed by atoms with Gasteiger partial charge in [0.1, 0.15) is 11.7 Å². The molecule has 0 aliphatic carbocycles. The highest BCUT2D eigenvalue weighted by molar-refractivity contribution is 6.00. The summed E-state index contributed by atoms with van der Waals surface area (Å²) in [5.74, 6) is -1.12. The van der Waals surface area contributed by atoms with E-state index >= 15 is 0 Å². The summed E-state index contributed by atoms with van der Waals surface area (Å²) >= 11 is 0. The van der Waals surface area contributed by atoms with Crippen molar-refractivity contribution < 1.29 is 14.4 Å². The van der Waals surface area contributed by atoms with Crippen LogP contribution in [0.15, 0.2) is 36.5 Å². The Morgan fingerprint density at radius 2 is 1.88 bits per heavy atom. The summed E-state index contributed by atoms with van der Waals surface area (Å²) in [4.78, 5) is 38.3. The van der Waals surface area contributed by atoms with Gasteiger partial charge in [0.05, 0.1) is 5.56 Å². The highest BCUT2D eigenvalue weighted by Gasteiger charge is 2.35. The number of likely N-dealkylation sites (N-methyl/N-ethyl adjacent to an activating group) is 1. The fraction of sp³-hybridized carbons (Fsp3) is 0.278. The van der Waals surface area contributed by atoms with Crippen LogP contribution in [0.5, 0.6) is 0 Å². The lowest BCUT2D eigenvalue weighted by Crippen LogP contribution is -2.52. The number of carbonyl (C=O) groups is 3. The van der Waals surface area contributed by atoms with E-state index in [0.29, 0.717) is 18.7 Å². The number of nitrogens with two attached hydrogens (primary N) is 1. The molecule has 2 heterocycles. The Bertz CT molecular complexity index is 856. The van der Waals surface area contributed by atoms with Gasteiger partial charge >= 0.3 is 0 Å². The van der Waals surface area contributed by atoms with Gasteiger partial charge in [-0.15, -0.1) is 0 Å². The van der Waals surface area contributed by atoms with Crippen molar-refractivity contribution in [3.05, 3.63) is 58.9 Å². The average Bonchev–Trinajstić information content (AvgIpc) is 3.01. The molecule has 25 heavy (non-hydrogen) atoms. The molecule has 1 unspecified atom stereocenters. The zero-order valence-corrected chi connectivity index (χ0v) is 14.2. The first-order chi connectivity index (χ1) is 11.9. The van der Waals surface area contributed by atoms with Crippen LogP contribution < -0.4 is 11.1 Å². The molecule has 0 radical (unpaired) electrons. The number of fused-ring (bicyclic) bond motifs is 1. The number of benzene rings is 1. The fourth-order valence-corrected chi connectivity index (χ4v) is 3.20. The van der Waals surface area contributed by atoms with Gasteiger partial charge in [-0.3, -0.25) is 14.4 Å². The topological polar surface area (TPSA) is 97.4 Å². The number of amides is 3. The lowest BCUT2D eigenvalue weighted by Gasteiger charge is -2.35. The molecule has 3 N–H and O–H groups in total. The highest BCUT2D eigenvalue weighted by Crippen LogP contribution is 2.25. The van der Waals surface area contributed by atoms with Crippen LogP contribution in [0.1, 0.15) is 32.0 Å². The van der Waals surface area contributed by atoms with Crippen LogP contribution in [-0.2, 0) is 24.8 Å². The van der Waals surface area contributed by atoms with Crippen LogP contribution in [0.4, 0.5) is 0 Å². The summed E-state index contributed by atoms with van der Waals surface area (Å²) in [5.41, 5.74) is 7.95. The van der Waals surface area contributed by atoms with Crippen LogP contribution >= 0.6 is 0 Å². The Hall–Kier alpha value is -3.09. The lowest BCUT2D eigenvalue weighted by atomic mass is 9.93. The van der Waals surface area contributed by atoms with E-state index in [9.17, 15) is 14.4 Å². The molecule has 0 bridgehead atoms. The molecule has 0 saturated carbocycles. The Morgan fingerprint density at radius 3 is 2.48 bits per heavy atom. The first-order valence-electron chi connectivity index (χ1n) is 7.98. The van der Waals surface area contributed by atoms with Crippen LogP contribution in [0.25, 0.3) is 0 Å². The van der Waals surface area contributed by atoms with Crippen molar-refractivity contribution in [2.24, 2.45) is 12.8 Å². The molecule has 7 nitrogen and oxygen atoms in total. The quantitative estimate of drug-likeness (QED) is 0.848. The minimum Gasteiger partial charge on any atom is -0.366 e. The fourth-order valence-electron chi connectivity index (χ4n) is 3.20. The van der Waals surface area contributed by atoms with Crippen molar-refractivity contribution in [2.45, 2.75) is 19.0 Å². The number of aromatic nitrogens is 1. The summed E-state index contributed by atoms with van der Waals surface area (Å²) in [6.45, 7) is 0.337. The van der Waals surface area contributed by atoms with Crippen molar-refractivity contribution in [3.8, 4) is 0 Å². The van der Waals surface area contributed by atoms with E-state index in [-0.39, 0.29) is 17.4 Å². The van der Waals surface area contributed by atoms with Gasteiger partial charge in [0, 0.05) is 33.3 Å². The lowest BCUT2D eigenvalue weighted by molar-refractivity contribution is -0.125. The Morgan fingerprint density at radius 1 is 1.20 bits per heavy atom. The van der Waals surface area contributed by atoms with Gasteiger partial charge in [-0.05, 0) is 17.2 Å². The maximum Gasteiger partial charge on any atom is 0.271 e. The molecule has 0 spiro atoms. The molecule has 7 heteroatoms. The van der Waals surface area contributed by atoms with E-state index in [4.69, 9.17) is 5.73 Å². The molecule has 130 valence electrons. The van der Waals surface area contributed by atoms with Gasteiger partial charge in [-0.1, -0.05) is 24.3 Å². The third-order valence-electron chi connectivity index (χ3n) is 4.57. The smallest absolute Gasteiger partial charge is 0.271 e. The number of primary amides is 1. The van der Waals surface area contributed by atoms with Crippen LogP contribution in [0.3, 0.4) is 0 Å². The first-order valence-corrected chi connectivity index (χ1v) is 7.98. The number of hydrogen-bond acceptors (Lipinski definition) is 3. The monoisotopic (exact) mass is 340 g/mol. The maximum atomic E-state index is 13.1. The van der Waals surface area contributed by atoms with E-state index in [2.05, 4.69) is 5.32 Å². The second-order valence-electron chi connectivity index (χ2n) is 6.13. The Kier molecular flexibility index (Phi) is 4.31. The summed E-state index contributed by atoms with van der Waals surface area (Å²) < 4.78 is 1.56. The minimum absolute atomic E-state index is 0.216. The molecular weight excluding hydrogens is 320 g/mol. The van der Waals surface area contributed by atoms with Gasteiger partial charge in [0.25, 0.3) is 5.91 Å². The molecule has 1 atom stereocenters. The molecule has 3 amide bonds. The van der Waals surface area contributed by atoms with Crippen LogP contribution in [-0.4, -0.2) is 40.3 Å². The van der Waals surface area contributed by atoms with E-state index in [1.165, 1.54) is 12.3 Å². The largest absolute Gasteiger partial charge is 0.366 e. The van der Waals surface area contributed by atoms with Crippen molar-refractivity contribution in [1.29, 1.82) is 0 Å². The summed E-state index contributed by atoms with van der Waals surface area (Å²) in [5, 5.41) is 2.63. The molecule has 1 aliphatic heterocycles. The van der Waals surface area contributed by atoms with E-state index in [1.54, 1.807) is 23.6 Å². The van der Waals surface area contributed by atoms with E-state index in [1.807, 2.05) is 24.3 Å². The predicted molar refractivity (Wildman–Crippen MR) is 91.8 cm³/mol. The zero-order valence-electron chi connectivity index (χ0n) is 14.2. The van der Waals surface area contributed by atoms with Crippen LogP contribution in [0.2, 0.25) is 0 Å². The maximum absolute atomic E-state index is 13.1. The van der Waals surface area contributed by atoms with Crippen LogP contribution in [0, 0.1) is 0 Å². The second-order valence-corrected chi connectivity index (χ2v) is 6.13. The van der Waals surface area contributed by atoms with Crippen molar-refractivity contribution >= 4 is 17.7 Å². The molecule has 0 fully saturated rings. The Labute approximate surface area is 145 Å². The van der Waals surface area contributed by atoms with Gasteiger partial charge in [0.15, 0.2) is 0 Å². The number of hydrogen-bond donors (Lipinski definition) is 2. The third-order valence-corrected chi connectivity index (χ3v) is 4.57. The van der Waals surface area contributed by atoms with Crippen molar-refractivity contribution in [1.82, 2.24) is 14.8 Å². The number of nitrogens with zero attached hydrogens (tertiary/aromatic N) is 2.